The molecule has 3 aromatic rings. The molecule has 0 radical (unpaired) electrons. The van der Waals surface area contributed by atoms with E-state index in [1.165, 1.54) is 18.7 Å². The first-order valence-corrected chi connectivity index (χ1v) is 10.3. The van der Waals surface area contributed by atoms with Crippen LogP contribution in [0.15, 0.2) is 53.7 Å². The van der Waals surface area contributed by atoms with E-state index in [2.05, 4.69) is 20.8 Å². The number of Topliss-reactive ketones (excluding diaryl/α,β-unsaturated/α-hetero) is 1. The van der Waals surface area contributed by atoms with Crippen LogP contribution in [-0.2, 0) is 11.2 Å². The van der Waals surface area contributed by atoms with E-state index in [4.69, 9.17) is 4.74 Å². The minimum atomic E-state index is -0.363. The van der Waals surface area contributed by atoms with Crippen LogP contribution in [0.3, 0.4) is 0 Å². The van der Waals surface area contributed by atoms with Gasteiger partial charge < -0.3 is 10.1 Å². The molecule has 8 nitrogen and oxygen atoms in total. The van der Waals surface area contributed by atoms with Crippen LogP contribution >= 0.6 is 11.8 Å². The predicted octanol–water partition coefficient (Wildman–Crippen LogP) is 2.71. The molecule has 1 N–H and O–H groups in total. The number of rotatable bonds is 9. The molecule has 1 atom stereocenters. The minimum Gasteiger partial charge on any atom is -0.497 e. The Hall–Kier alpha value is -3.20. The summed E-state index contributed by atoms with van der Waals surface area (Å²) < 4.78 is 6.77. The normalized spacial score (nSPS) is 11.7. The molecule has 0 aliphatic rings. The number of benzene rings is 2. The van der Waals surface area contributed by atoms with Gasteiger partial charge >= 0.3 is 0 Å². The topological polar surface area (TPSA) is 99.0 Å². The van der Waals surface area contributed by atoms with Crippen molar-refractivity contribution in [1.29, 1.82) is 0 Å². The summed E-state index contributed by atoms with van der Waals surface area (Å²) in [5, 5.41) is 14.8. The zero-order valence-electron chi connectivity index (χ0n) is 17.0. The second-order valence-electron chi connectivity index (χ2n) is 6.63. The number of carbonyl (C=O) groups excluding carboxylic acids is 2. The Morgan fingerprint density at radius 2 is 1.83 bits per heavy atom. The molecule has 0 aliphatic heterocycles. The molecule has 9 heteroatoms. The molecule has 0 saturated heterocycles. The summed E-state index contributed by atoms with van der Waals surface area (Å²) in [7, 11) is 1.61. The first-order valence-electron chi connectivity index (χ1n) is 9.45. The number of methoxy groups -OCH3 is 1. The number of hydrogen-bond acceptors (Lipinski definition) is 7. The Morgan fingerprint density at radius 3 is 2.47 bits per heavy atom. The predicted molar refractivity (Wildman–Crippen MR) is 114 cm³/mol. The zero-order valence-corrected chi connectivity index (χ0v) is 17.8. The third kappa shape index (κ3) is 5.44. The second-order valence-corrected chi connectivity index (χ2v) is 7.93. The highest BCUT2D eigenvalue weighted by molar-refractivity contribution is 8.00. The van der Waals surface area contributed by atoms with Gasteiger partial charge in [0.1, 0.15) is 5.75 Å². The molecule has 3 rings (SSSR count). The molecule has 0 aliphatic carbocycles. The number of amides is 1. The highest BCUT2D eigenvalue weighted by Gasteiger charge is 2.20. The lowest BCUT2D eigenvalue weighted by atomic mass is 10.0. The molecular formula is C21H23N5O3S. The smallest absolute Gasteiger partial charge is 0.216 e. The van der Waals surface area contributed by atoms with Crippen LogP contribution in [0.5, 0.6) is 5.75 Å². The largest absolute Gasteiger partial charge is 0.497 e. The molecule has 156 valence electrons. The fraction of sp³-hybridized carbons (Fsp3) is 0.286. The third-order valence-corrected chi connectivity index (χ3v) is 5.47. The SMILES string of the molecule is COc1ccc(-n2nnnc2SC(C)C(=O)c2ccc(CCNC(C)=O)cc2)cc1. The summed E-state index contributed by atoms with van der Waals surface area (Å²) >= 11 is 1.30. The molecule has 30 heavy (non-hydrogen) atoms. The summed E-state index contributed by atoms with van der Waals surface area (Å²) in [6.07, 6.45) is 0.717. The lowest BCUT2D eigenvalue weighted by molar-refractivity contribution is -0.118. The summed E-state index contributed by atoms with van der Waals surface area (Å²) in [6.45, 7) is 3.90. The van der Waals surface area contributed by atoms with E-state index < -0.39 is 0 Å². The average Bonchev–Trinajstić information content (AvgIpc) is 3.21. The van der Waals surface area contributed by atoms with Gasteiger partial charge in [-0.1, -0.05) is 36.0 Å². The molecule has 1 amide bonds. The van der Waals surface area contributed by atoms with Crippen molar-refractivity contribution in [3.05, 3.63) is 59.7 Å². The average molecular weight is 426 g/mol. The summed E-state index contributed by atoms with van der Waals surface area (Å²) in [5.74, 6) is 0.687. The minimum absolute atomic E-state index is 0.00214. The third-order valence-electron chi connectivity index (χ3n) is 4.44. The van der Waals surface area contributed by atoms with Crippen molar-refractivity contribution in [3.8, 4) is 11.4 Å². The Balaban J connectivity index is 1.65. The van der Waals surface area contributed by atoms with Gasteiger partial charge in [-0.2, -0.15) is 4.68 Å². The van der Waals surface area contributed by atoms with E-state index in [0.717, 1.165) is 23.4 Å². The lowest BCUT2D eigenvalue weighted by Gasteiger charge is -2.11. The first kappa shape index (κ1) is 21.5. The number of thioether (sulfide) groups is 1. The Morgan fingerprint density at radius 1 is 1.13 bits per heavy atom. The molecule has 1 heterocycles. The summed E-state index contributed by atoms with van der Waals surface area (Å²) in [5.41, 5.74) is 2.47. The molecule has 0 bridgehead atoms. The molecule has 2 aromatic carbocycles. The fourth-order valence-electron chi connectivity index (χ4n) is 2.80. The number of ketones is 1. The van der Waals surface area contributed by atoms with E-state index in [-0.39, 0.29) is 16.9 Å². The van der Waals surface area contributed by atoms with Gasteiger partial charge in [-0.05, 0) is 53.6 Å². The van der Waals surface area contributed by atoms with E-state index in [1.54, 1.807) is 11.8 Å². The molecule has 0 spiro atoms. The number of tetrazole rings is 1. The van der Waals surface area contributed by atoms with Crippen LogP contribution in [0.4, 0.5) is 0 Å². The van der Waals surface area contributed by atoms with Crippen LogP contribution < -0.4 is 10.1 Å². The number of hydrogen-bond donors (Lipinski definition) is 1. The molecule has 1 unspecified atom stereocenters. The van der Waals surface area contributed by atoms with Gasteiger partial charge in [-0.3, -0.25) is 9.59 Å². The van der Waals surface area contributed by atoms with Crippen LogP contribution in [0, 0.1) is 0 Å². The van der Waals surface area contributed by atoms with Crippen LogP contribution in [0.2, 0.25) is 0 Å². The van der Waals surface area contributed by atoms with Crippen molar-refractivity contribution in [2.75, 3.05) is 13.7 Å². The number of nitrogens with one attached hydrogen (secondary N) is 1. The van der Waals surface area contributed by atoms with Crippen molar-refractivity contribution >= 4 is 23.5 Å². The van der Waals surface area contributed by atoms with Gasteiger partial charge in [0.25, 0.3) is 0 Å². The molecule has 0 fully saturated rings. The monoisotopic (exact) mass is 425 g/mol. The Labute approximate surface area is 179 Å². The van der Waals surface area contributed by atoms with Crippen molar-refractivity contribution < 1.29 is 14.3 Å². The van der Waals surface area contributed by atoms with Crippen LogP contribution in [0.1, 0.15) is 29.8 Å². The lowest BCUT2D eigenvalue weighted by Crippen LogP contribution is -2.22. The van der Waals surface area contributed by atoms with Gasteiger partial charge in [0, 0.05) is 19.0 Å². The zero-order chi connectivity index (χ0) is 21.5. The fourth-order valence-corrected chi connectivity index (χ4v) is 3.69. The maximum atomic E-state index is 12.8. The van der Waals surface area contributed by atoms with E-state index in [9.17, 15) is 9.59 Å². The number of ether oxygens (including phenoxy) is 1. The van der Waals surface area contributed by atoms with Gasteiger partial charge in [-0.15, -0.1) is 5.10 Å². The highest BCUT2D eigenvalue weighted by atomic mass is 32.2. The maximum Gasteiger partial charge on any atom is 0.216 e. The summed E-state index contributed by atoms with van der Waals surface area (Å²) in [4.78, 5) is 23.8. The number of nitrogens with zero attached hydrogens (tertiary/aromatic N) is 4. The van der Waals surface area contributed by atoms with Crippen molar-refractivity contribution in [2.45, 2.75) is 30.7 Å². The van der Waals surface area contributed by atoms with Crippen LogP contribution in [-0.4, -0.2) is 50.8 Å². The van der Waals surface area contributed by atoms with Gasteiger partial charge in [0.05, 0.1) is 18.0 Å². The second kappa shape index (κ2) is 10.0. The van der Waals surface area contributed by atoms with Crippen molar-refractivity contribution in [1.82, 2.24) is 25.5 Å². The molecular weight excluding hydrogens is 402 g/mol. The van der Waals surface area contributed by atoms with E-state index in [0.29, 0.717) is 17.3 Å². The first-order chi connectivity index (χ1) is 14.5. The maximum absolute atomic E-state index is 12.8. The quantitative estimate of drug-likeness (QED) is 0.416. The van der Waals surface area contributed by atoms with Crippen molar-refractivity contribution in [3.63, 3.8) is 0 Å². The van der Waals surface area contributed by atoms with E-state index in [1.807, 2.05) is 55.5 Å². The van der Waals surface area contributed by atoms with Gasteiger partial charge in [-0.25, -0.2) is 0 Å². The molecule has 0 saturated carbocycles. The van der Waals surface area contributed by atoms with Crippen LogP contribution in [0.25, 0.3) is 5.69 Å². The van der Waals surface area contributed by atoms with Gasteiger partial charge in [0.2, 0.25) is 11.1 Å². The molecule has 1 aromatic heterocycles. The standard InChI is InChI=1S/C21H23N5O3S/c1-14(20(28)17-6-4-16(5-7-17)12-13-22-15(2)27)30-21-23-24-25-26(21)18-8-10-19(29-3)11-9-18/h4-11,14H,12-13H2,1-3H3,(H,22,27). The van der Waals surface area contributed by atoms with Crippen molar-refractivity contribution in [2.24, 2.45) is 0 Å². The summed E-state index contributed by atoms with van der Waals surface area (Å²) in [6, 6.07) is 14.8. The highest BCUT2D eigenvalue weighted by Crippen LogP contribution is 2.26. The van der Waals surface area contributed by atoms with Gasteiger partial charge in [0.15, 0.2) is 5.78 Å². The Kier molecular flexibility index (Phi) is 7.18. The number of carbonyl (C=O) groups is 2. The van der Waals surface area contributed by atoms with E-state index >= 15 is 0 Å². The number of aromatic nitrogens is 4. The Bertz CT molecular complexity index is 1000.